The number of amides is 1. The van der Waals surface area contributed by atoms with Gasteiger partial charge in [0.15, 0.2) is 0 Å². The number of hydrogen-bond donors (Lipinski definition) is 2. The molecule has 0 bridgehead atoms. The molecule has 1 amide bonds. The number of carbonyl (C=O) groups excluding carboxylic acids is 1. The molecule has 1 aromatic carbocycles. The lowest BCUT2D eigenvalue weighted by atomic mass is 9.81. The minimum atomic E-state index is -0.0811. The number of piperidine rings is 1. The molecular formula is C22H34N4O. The van der Waals surface area contributed by atoms with Crippen molar-refractivity contribution < 1.29 is 4.79 Å². The van der Waals surface area contributed by atoms with E-state index in [-0.39, 0.29) is 17.5 Å². The first-order valence-electron chi connectivity index (χ1n) is 10.6. The lowest BCUT2D eigenvalue weighted by molar-refractivity contribution is -0.136. The van der Waals surface area contributed by atoms with E-state index in [0.717, 1.165) is 38.9 Å². The number of carbonyl (C=O) groups is 1. The first kappa shape index (κ1) is 18.9. The molecule has 3 aliphatic heterocycles. The van der Waals surface area contributed by atoms with Gasteiger partial charge in [-0.1, -0.05) is 44.2 Å². The minimum Gasteiger partial charge on any atom is -0.341 e. The Kier molecular flexibility index (Phi) is 5.28. The number of nitrogens with one attached hydrogen (secondary N) is 2. The number of hydrogen-bond acceptors (Lipinski definition) is 4. The van der Waals surface area contributed by atoms with Crippen molar-refractivity contribution >= 4 is 5.91 Å². The molecule has 2 N–H and O–H groups in total. The number of likely N-dealkylation sites (N-methyl/N-ethyl adjacent to an activating group) is 1. The number of rotatable bonds is 3. The Balaban J connectivity index is 1.38. The van der Waals surface area contributed by atoms with Crippen molar-refractivity contribution in [2.24, 2.45) is 5.92 Å². The smallest absolute Gasteiger partial charge is 0.241 e. The summed E-state index contributed by atoms with van der Waals surface area (Å²) >= 11 is 0. The molecular weight excluding hydrogens is 336 g/mol. The zero-order valence-corrected chi connectivity index (χ0v) is 16.9. The molecule has 3 fully saturated rings. The summed E-state index contributed by atoms with van der Waals surface area (Å²) < 4.78 is 0. The van der Waals surface area contributed by atoms with Crippen molar-refractivity contribution in [3.63, 3.8) is 0 Å². The summed E-state index contributed by atoms with van der Waals surface area (Å²) in [6, 6.07) is 11.2. The van der Waals surface area contributed by atoms with Crippen LogP contribution in [0.1, 0.15) is 51.0 Å². The molecule has 27 heavy (non-hydrogen) atoms. The Bertz CT molecular complexity index is 656. The zero-order valence-electron chi connectivity index (χ0n) is 16.9. The van der Waals surface area contributed by atoms with Gasteiger partial charge >= 0.3 is 0 Å². The maximum absolute atomic E-state index is 13.1. The van der Waals surface area contributed by atoms with Crippen LogP contribution in [0, 0.1) is 5.92 Å². The van der Waals surface area contributed by atoms with Crippen LogP contribution < -0.4 is 10.9 Å². The van der Waals surface area contributed by atoms with Crippen LogP contribution in [0.25, 0.3) is 0 Å². The summed E-state index contributed by atoms with van der Waals surface area (Å²) in [5.74, 6) is 1.24. The number of nitrogens with zero attached hydrogens (tertiary/aromatic N) is 2. The normalized spacial score (nSPS) is 33.7. The first-order valence-corrected chi connectivity index (χ1v) is 10.6. The Labute approximate surface area is 163 Å². The second kappa shape index (κ2) is 7.53. The predicted molar refractivity (Wildman–Crippen MR) is 108 cm³/mol. The van der Waals surface area contributed by atoms with Gasteiger partial charge in [0.25, 0.3) is 0 Å². The van der Waals surface area contributed by atoms with Gasteiger partial charge in [-0.15, -0.1) is 0 Å². The highest BCUT2D eigenvalue weighted by Crippen LogP contribution is 2.44. The average molecular weight is 371 g/mol. The number of hydrazine groups is 1. The Morgan fingerprint density at radius 3 is 2.52 bits per heavy atom. The predicted octanol–water partition coefficient (Wildman–Crippen LogP) is 2.36. The first-order chi connectivity index (χ1) is 13.0. The largest absolute Gasteiger partial charge is 0.341 e. The van der Waals surface area contributed by atoms with E-state index in [1.54, 1.807) is 0 Å². The molecule has 0 aromatic heterocycles. The van der Waals surface area contributed by atoms with E-state index < -0.39 is 0 Å². The van der Waals surface area contributed by atoms with Crippen LogP contribution in [-0.4, -0.2) is 60.0 Å². The second-order valence-electron chi connectivity index (χ2n) is 8.88. The van der Waals surface area contributed by atoms with Gasteiger partial charge in [0.05, 0.1) is 0 Å². The van der Waals surface area contributed by atoms with E-state index in [9.17, 15) is 4.79 Å². The maximum atomic E-state index is 13.1. The van der Waals surface area contributed by atoms with Gasteiger partial charge in [-0.25, -0.2) is 5.43 Å². The molecule has 4 rings (SSSR count). The second-order valence-corrected chi connectivity index (χ2v) is 8.88. The minimum absolute atomic E-state index is 0.0811. The van der Waals surface area contributed by atoms with E-state index in [4.69, 9.17) is 0 Å². The van der Waals surface area contributed by atoms with Crippen molar-refractivity contribution in [1.29, 1.82) is 0 Å². The van der Waals surface area contributed by atoms with E-state index in [2.05, 4.69) is 71.9 Å². The van der Waals surface area contributed by atoms with E-state index in [1.165, 1.54) is 12.0 Å². The molecule has 5 nitrogen and oxygen atoms in total. The molecule has 4 atom stereocenters. The molecule has 4 unspecified atom stereocenters. The van der Waals surface area contributed by atoms with Crippen molar-refractivity contribution in [3.8, 4) is 0 Å². The van der Waals surface area contributed by atoms with Crippen LogP contribution in [0.3, 0.4) is 0 Å². The summed E-state index contributed by atoms with van der Waals surface area (Å²) in [4.78, 5) is 17.7. The van der Waals surface area contributed by atoms with Crippen LogP contribution in [0.5, 0.6) is 0 Å². The summed E-state index contributed by atoms with van der Waals surface area (Å²) in [6.07, 6.45) is 4.44. The number of likely N-dealkylation sites (tertiary alicyclic amines) is 2. The molecule has 0 radical (unpaired) electrons. The Hall–Kier alpha value is -1.43. The fourth-order valence-corrected chi connectivity index (χ4v) is 5.53. The van der Waals surface area contributed by atoms with Gasteiger partial charge in [0.2, 0.25) is 5.91 Å². The van der Waals surface area contributed by atoms with Gasteiger partial charge in [-0.05, 0) is 50.1 Å². The molecule has 3 saturated heterocycles. The van der Waals surface area contributed by atoms with E-state index in [1.807, 2.05) is 0 Å². The van der Waals surface area contributed by atoms with Crippen LogP contribution in [0.2, 0.25) is 0 Å². The highest BCUT2D eigenvalue weighted by Gasteiger charge is 2.47. The fourth-order valence-electron chi connectivity index (χ4n) is 5.53. The quantitative estimate of drug-likeness (QED) is 0.858. The molecule has 1 spiro atoms. The van der Waals surface area contributed by atoms with E-state index in [0.29, 0.717) is 17.9 Å². The fraction of sp³-hybridized carbons (Fsp3) is 0.682. The average Bonchev–Trinajstić information content (AvgIpc) is 3.23. The highest BCUT2D eigenvalue weighted by molar-refractivity contribution is 5.82. The molecule has 0 aliphatic carbocycles. The van der Waals surface area contributed by atoms with Gasteiger partial charge in [0, 0.05) is 31.2 Å². The highest BCUT2D eigenvalue weighted by atomic mass is 16.2. The standard InChI is InChI=1S/C22H34N4O/c1-4-19-16(2)20(24-23-19)21(27)26-12-10-22(11-13-26)14-18(15-25(22)3)17-8-6-5-7-9-17/h5-9,16,18-20,23-24H,4,10-15H2,1-3H3. The third-order valence-electron chi connectivity index (χ3n) is 7.50. The maximum Gasteiger partial charge on any atom is 0.241 e. The Morgan fingerprint density at radius 1 is 1.19 bits per heavy atom. The molecule has 1 aromatic rings. The molecule has 3 heterocycles. The van der Waals surface area contributed by atoms with Crippen LogP contribution in [-0.2, 0) is 4.79 Å². The lowest BCUT2D eigenvalue weighted by Gasteiger charge is -2.44. The van der Waals surface area contributed by atoms with Gasteiger partial charge in [0.1, 0.15) is 6.04 Å². The lowest BCUT2D eigenvalue weighted by Crippen LogP contribution is -2.55. The number of benzene rings is 1. The molecule has 0 saturated carbocycles. The van der Waals surface area contributed by atoms with Crippen LogP contribution in [0.15, 0.2) is 30.3 Å². The summed E-state index contributed by atoms with van der Waals surface area (Å²) in [6.45, 7) is 7.25. The third-order valence-corrected chi connectivity index (χ3v) is 7.50. The van der Waals surface area contributed by atoms with Crippen molar-refractivity contribution in [1.82, 2.24) is 20.7 Å². The molecule has 148 valence electrons. The Morgan fingerprint density at radius 2 is 1.89 bits per heavy atom. The van der Waals surface area contributed by atoms with Gasteiger partial charge < -0.3 is 4.90 Å². The van der Waals surface area contributed by atoms with Crippen LogP contribution in [0.4, 0.5) is 0 Å². The van der Waals surface area contributed by atoms with E-state index >= 15 is 0 Å². The van der Waals surface area contributed by atoms with Crippen molar-refractivity contribution in [2.75, 3.05) is 26.7 Å². The SMILES string of the molecule is CCC1NNC(C(=O)N2CCC3(CC2)CC(c2ccccc2)CN3C)C1C. The van der Waals surface area contributed by atoms with Gasteiger partial charge in [-0.2, -0.15) is 0 Å². The van der Waals surface area contributed by atoms with Crippen LogP contribution >= 0.6 is 0 Å². The summed E-state index contributed by atoms with van der Waals surface area (Å²) in [5, 5.41) is 0. The topological polar surface area (TPSA) is 47.6 Å². The monoisotopic (exact) mass is 370 g/mol. The van der Waals surface area contributed by atoms with Gasteiger partial charge in [-0.3, -0.25) is 15.1 Å². The third kappa shape index (κ3) is 3.41. The molecule has 3 aliphatic rings. The van der Waals surface area contributed by atoms with Crippen molar-refractivity contribution in [2.45, 2.75) is 63.1 Å². The zero-order chi connectivity index (χ0) is 19.0. The summed E-state index contributed by atoms with van der Waals surface area (Å²) in [5.41, 5.74) is 8.27. The summed E-state index contributed by atoms with van der Waals surface area (Å²) in [7, 11) is 2.27. The molecule has 5 heteroatoms. The van der Waals surface area contributed by atoms with Crippen molar-refractivity contribution in [3.05, 3.63) is 35.9 Å².